The summed E-state index contributed by atoms with van der Waals surface area (Å²) in [4.78, 5) is 4.84. The summed E-state index contributed by atoms with van der Waals surface area (Å²) in [6, 6.07) is 65.3. The number of nitrogens with zero attached hydrogens (tertiary/aromatic N) is 2. The van der Waals surface area contributed by atoms with Crippen LogP contribution < -0.4 is 20.2 Å². The predicted molar refractivity (Wildman–Crippen MR) is 245 cm³/mol. The molecule has 8 aromatic carbocycles. The molecule has 2 heteroatoms. The maximum Gasteiger partial charge on any atom is 0.0569 e. The van der Waals surface area contributed by atoms with Gasteiger partial charge in [0.1, 0.15) is 0 Å². The average Bonchev–Trinajstić information content (AvgIpc) is 3.25. The van der Waals surface area contributed by atoms with E-state index in [2.05, 4.69) is 230 Å². The molecule has 0 heterocycles. The first kappa shape index (κ1) is 35.5. The van der Waals surface area contributed by atoms with Gasteiger partial charge in [-0.1, -0.05) is 170 Å². The molecule has 8 aromatic rings. The molecule has 57 heavy (non-hydrogen) atoms. The molecule has 0 saturated carbocycles. The van der Waals surface area contributed by atoms with Gasteiger partial charge in [-0.3, -0.25) is 0 Å². The molecular formula is C55H44N2. The lowest BCUT2D eigenvalue weighted by Crippen LogP contribution is -2.27. The van der Waals surface area contributed by atoms with Gasteiger partial charge in [-0.25, -0.2) is 0 Å². The largest absolute Gasteiger partial charge is 0.310 e. The molecule has 0 spiro atoms. The molecule has 2 bridgehead atoms. The molecular weight excluding hydrogens is 689 g/mol. The SMILES string of the molecule is C=c1/c2ccc3cc(N(c4ccccc4)c4c(C)cccc4-c4ccccc4)cc(c13)/C=C\C/C=C(N(c1ccccc1)c1c(C)cccc1-c1ccccc1)\C=2. The topological polar surface area (TPSA) is 6.48 Å². The Morgan fingerprint density at radius 2 is 1.02 bits per heavy atom. The molecule has 0 radical (unpaired) electrons. The van der Waals surface area contributed by atoms with E-state index in [1.807, 2.05) is 0 Å². The van der Waals surface area contributed by atoms with E-state index in [1.165, 1.54) is 50.1 Å². The fourth-order valence-corrected chi connectivity index (χ4v) is 8.31. The molecule has 0 atom stereocenters. The minimum absolute atomic E-state index is 0.753. The highest BCUT2D eigenvalue weighted by molar-refractivity contribution is 5.99. The quantitative estimate of drug-likeness (QED) is 0.153. The number of rotatable bonds is 8. The first-order chi connectivity index (χ1) is 28.0. The zero-order valence-electron chi connectivity index (χ0n) is 32.4. The van der Waals surface area contributed by atoms with Crippen LogP contribution in [0.3, 0.4) is 0 Å². The van der Waals surface area contributed by atoms with Crippen molar-refractivity contribution in [2.24, 2.45) is 0 Å². The highest BCUT2D eigenvalue weighted by Crippen LogP contribution is 2.44. The summed E-state index contributed by atoms with van der Waals surface area (Å²) in [5.74, 6) is 0. The van der Waals surface area contributed by atoms with Crippen molar-refractivity contribution < 1.29 is 0 Å². The number of aryl methyl sites for hydroxylation is 2. The van der Waals surface area contributed by atoms with Crippen LogP contribution in [0.25, 0.3) is 51.8 Å². The fraction of sp³-hybridized carbons (Fsp3) is 0.0545. The molecule has 1 aliphatic carbocycles. The van der Waals surface area contributed by atoms with Crippen LogP contribution in [0.1, 0.15) is 23.1 Å². The van der Waals surface area contributed by atoms with E-state index >= 15 is 0 Å². The van der Waals surface area contributed by atoms with E-state index < -0.39 is 0 Å². The number of para-hydroxylation sites is 4. The Morgan fingerprint density at radius 1 is 0.491 bits per heavy atom. The Bertz CT molecular complexity index is 2890. The first-order valence-electron chi connectivity index (χ1n) is 19.7. The Labute approximate surface area is 335 Å². The number of hydrogen-bond acceptors (Lipinski definition) is 2. The van der Waals surface area contributed by atoms with E-state index in [0.717, 1.165) is 50.6 Å². The van der Waals surface area contributed by atoms with Gasteiger partial charge in [0.05, 0.1) is 11.4 Å². The lowest BCUT2D eigenvalue weighted by molar-refractivity contribution is 1.18. The van der Waals surface area contributed by atoms with Gasteiger partial charge < -0.3 is 9.80 Å². The Morgan fingerprint density at radius 3 is 1.60 bits per heavy atom. The lowest BCUT2D eigenvalue weighted by Gasteiger charge is -2.31. The minimum Gasteiger partial charge on any atom is -0.310 e. The summed E-state index contributed by atoms with van der Waals surface area (Å²) in [5.41, 5.74) is 15.1. The number of fused-ring (bicyclic) bond motifs is 1. The molecule has 2 nitrogen and oxygen atoms in total. The van der Waals surface area contributed by atoms with E-state index in [9.17, 15) is 0 Å². The van der Waals surface area contributed by atoms with Gasteiger partial charge in [-0.2, -0.15) is 0 Å². The van der Waals surface area contributed by atoms with E-state index in [0.29, 0.717) is 0 Å². The molecule has 1 aliphatic rings. The van der Waals surface area contributed by atoms with Crippen molar-refractivity contribution >= 4 is 57.9 Å². The van der Waals surface area contributed by atoms with Gasteiger partial charge in [-0.05, 0) is 112 Å². The van der Waals surface area contributed by atoms with Crippen molar-refractivity contribution in [1.82, 2.24) is 0 Å². The maximum absolute atomic E-state index is 4.79. The van der Waals surface area contributed by atoms with Crippen molar-refractivity contribution in [2.45, 2.75) is 20.3 Å². The van der Waals surface area contributed by atoms with Crippen LogP contribution in [0.4, 0.5) is 28.4 Å². The monoisotopic (exact) mass is 732 g/mol. The summed E-state index contributed by atoms with van der Waals surface area (Å²) < 4.78 is 0. The second-order valence-corrected chi connectivity index (χ2v) is 14.7. The Hall–Kier alpha value is -7.16. The van der Waals surface area contributed by atoms with Crippen molar-refractivity contribution in [3.8, 4) is 22.3 Å². The van der Waals surface area contributed by atoms with Gasteiger partial charge in [0, 0.05) is 33.9 Å². The molecule has 0 amide bonds. The number of allylic oxidation sites excluding steroid dienone is 3. The molecule has 9 rings (SSSR count). The number of benzene rings is 8. The van der Waals surface area contributed by atoms with Crippen LogP contribution in [0.5, 0.6) is 0 Å². The summed E-state index contributed by atoms with van der Waals surface area (Å²) in [5, 5.41) is 4.43. The third-order valence-corrected chi connectivity index (χ3v) is 11.0. The van der Waals surface area contributed by atoms with Crippen molar-refractivity contribution in [3.05, 3.63) is 227 Å². The number of anilines is 5. The predicted octanol–water partition coefficient (Wildman–Crippen LogP) is 13.6. The molecule has 0 saturated heterocycles. The van der Waals surface area contributed by atoms with Crippen molar-refractivity contribution in [1.29, 1.82) is 0 Å². The van der Waals surface area contributed by atoms with Gasteiger partial charge in [0.15, 0.2) is 0 Å². The highest BCUT2D eigenvalue weighted by atomic mass is 15.2. The van der Waals surface area contributed by atoms with Crippen LogP contribution >= 0.6 is 0 Å². The second-order valence-electron chi connectivity index (χ2n) is 14.7. The van der Waals surface area contributed by atoms with Gasteiger partial charge in [0.2, 0.25) is 0 Å². The molecule has 0 unspecified atom stereocenters. The standard InChI is InChI=1S/C55H44N2/c1-39-20-18-32-51(42-22-8-4-9-23-42)54(39)56(47-27-12-6-13-28-47)49-31-17-16-26-45-37-50(38-46-35-34-44(36-49)41(3)53(45)46)57(48-29-14-7-15-30-48)55-40(2)21-19-33-52(55)43-24-10-5-11-25-43/h4-16,18-38H,3,17H2,1-2H3/b26-16-,44-36+,49-31+. The Kier molecular flexibility index (Phi) is 9.68. The normalized spacial score (nSPS) is 14.3. The van der Waals surface area contributed by atoms with Crippen LogP contribution in [-0.4, -0.2) is 0 Å². The average molecular weight is 733 g/mol. The molecule has 0 aliphatic heterocycles. The van der Waals surface area contributed by atoms with Crippen LogP contribution in [-0.2, 0) is 0 Å². The summed E-state index contributed by atoms with van der Waals surface area (Å²) >= 11 is 0. The Balaban J connectivity index is 1.24. The van der Waals surface area contributed by atoms with E-state index in [-0.39, 0.29) is 0 Å². The first-order valence-corrected chi connectivity index (χ1v) is 19.7. The zero-order valence-corrected chi connectivity index (χ0v) is 32.4. The zero-order chi connectivity index (χ0) is 38.7. The molecule has 0 N–H and O–H groups in total. The van der Waals surface area contributed by atoms with Crippen LogP contribution in [0.2, 0.25) is 0 Å². The van der Waals surface area contributed by atoms with E-state index in [4.69, 9.17) is 6.58 Å². The molecule has 274 valence electrons. The molecule has 0 fully saturated rings. The van der Waals surface area contributed by atoms with Gasteiger partial charge in [0.25, 0.3) is 0 Å². The summed E-state index contributed by atoms with van der Waals surface area (Å²) in [7, 11) is 0. The van der Waals surface area contributed by atoms with Gasteiger partial charge >= 0.3 is 0 Å². The summed E-state index contributed by atoms with van der Waals surface area (Å²) in [6.45, 7) is 9.21. The lowest BCUT2D eigenvalue weighted by atomic mass is 9.95. The fourth-order valence-electron chi connectivity index (χ4n) is 8.31. The van der Waals surface area contributed by atoms with Gasteiger partial charge in [-0.15, -0.1) is 0 Å². The second kappa shape index (κ2) is 15.5. The smallest absolute Gasteiger partial charge is 0.0569 e. The number of hydrogen-bond donors (Lipinski definition) is 0. The van der Waals surface area contributed by atoms with Crippen molar-refractivity contribution in [3.63, 3.8) is 0 Å². The van der Waals surface area contributed by atoms with Crippen LogP contribution in [0, 0.1) is 13.8 Å². The van der Waals surface area contributed by atoms with E-state index in [1.54, 1.807) is 0 Å². The summed E-state index contributed by atoms with van der Waals surface area (Å²) in [6.07, 6.45) is 10.0. The third kappa shape index (κ3) is 6.88. The van der Waals surface area contributed by atoms with Crippen LogP contribution in [0.15, 0.2) is 200 Å². The highest BCUT2D eigenvalue weighted by Gasteiger charge is 2.22. The minimum atomic E-state index is 0.753. The third-order valence-electron chi connectivity index (χ3n) is 11.0. The van der Waals surface area contributed by atoms with Crippen molar-refractivity contribution in [2.75, 3.05) is 9.80 Å². The maximum atomic E-state index is 4.79. The molecule has 0 aromatic heterocycles.